The highest BCUT2D eigenvalue weighted by Crippen LogP contribution is 2.35. The molecule has 4 heterocycles. The summed E-state index contributed by atoms with van der Waals surface area (Å²) in [6.45, 7) is 0. The van der Waals surface area contributed by atoms with Crippen LogP contribution in [-0.2, 0) is 4.79 Å². The number of rotatable bonds is 7. The molecule has 0 radical (unpaired) electrons. The summed E-state index contributed by atoms with van der Waals surface area (Å²) < 4.78 is 16.8. The molecule has 5 aromatic rings. The zero-order valence-corrected chi connectivity index (χ0v) is 20.1. The zero-order valence-electron chi connectivity index (χ0n) is 19.2. The molecular weight excluding hydrogens is 478 g/mol. The summed E-state index contributed by atoms with van der Waals surface area (Å²) >= 11 is 1.25. The van der Waals surface area contributed by atoms with Gasteiger partial charge < -0.3 is 13.6 Å². The molecule has 6 rings (SSSR count). The second-order valence-corrected chi connectivity index (χ2v) is 9.10. The summed E-state index contributed by atoms with van der Waals surface area (Å²) in [5, 5.41) is 14.8. The molecule has 36 heavy (non-hydrogen) atoms. The van der Waals surface area contributed by atoms with Gasteiger partial charge in [-0.1, -0.05) is 30.0 Å². The Morgan fingerprint density at radius 3 is 2.81 bits per heavy atom. The van der Waals surface area contributed by atoms with E-state index in [-0.39, 0.29) is 17.7 Å². The number of furan rings is 2. The van der Waals surface area contributed by atoms with Gasteiger partial charge in [0.25, 0.3) is 5.91 Å². The number of ether oxygens (including phenoxy) is 1. The summed E-state index contributed by atoms with van der Waals surface area (Å²) in [5.74, 6) is 2.64. The van der Waals surface area contributed by atoms with E-state index in [0.29, 0.717) is 34.6 Å². The van der Waals surface area contributed by atoms with Gasteiger partial charge in [-0.05, 0) is 48.5 Å². The van der Waals surface area contributed by atoms with Crippen LogP contribution in [0.3, 0.4) is 0 Å². The van der Waals surface area contributed by atoms with Gasteiger partial charge in [0, 0.05) is 17.4 Å². The summed E-state index contributed by atoms with van der Waals surface area (Å²) in [6.07, 6.45) is 2.09. The number of aromatic nitrogens is 3. The SMILES string of the molecule is COc1ccc(-c2nc(SCC(=O)N3N=C(c4cc5ccccc5o4)CC3c3ccco3)n[nH]2)cc1. The fourth-order valence-corrected chi connectivity index (χ4v) is 4.75. The molecule has 0 saturated carbocycles. The second-order valence-electron chi connectivity index (χ2n) is 8.15. The zero-order chi connectivity index (χ0) is 24.5. The molecule has 1 N–H and O–H groups in total. The first-order valence-electron chi connectivity index (χ1n) is 11.3. The van der Waals surface area contributed by atoms with E-state index in [2.05, 4.69) is 20.3 Å². The van der Waals surface area contributed by atoms with E-state index in [1.807, 2.05) is 60.7 Å². The molecule has 0 saturated heterocycles. The number of fused-ring (bicyclic) bond motifs is 1. The molecule has 0 spiro atoms. The number of carbonyl (C=O) groups excluding carboxylic acids is 1. The molecule has 10 heteroatoms. The summed E-state index contributed by atoms with van der Waals surface area (Å²) in [7, 11) is 1.62. The van der Waals surface area contributed by atoms with E-state index in [1.165, 1.54) is 16.8 Å². The minimum absolute atomic E-state index is 0.119. The predicted molar refractivity (Wildman–Crippen MR) is 135 cm³/mol. The number of nitrogens with zero attached hydrogens (tertiary/aromatic N) is 4. The smallest absolute Gasteiger partial charge is 0.253 e. The largest absolute Gasteiger partial charge is 0.497 e. The van der Waals surface area contributed by atoms with Crippen LogP contribution < -0.4 is 4.74 Å². The molecule has 9 nitrogen and oxygen atoms in total. The third kappa shape index (κ3) is 4.27. The highest BCUT2D eigenvalue weighted by atomic mass is 32.2. The minimum Gasteiger partial charge on any atom is -0.497 e. The molecule has 1 aliphatic heterocycles. The summed E-state index contributed by atoms with van der Waals surface area (Å²) in [5.41, 5.74) is 2.35. The lowest BCUT2D eigenvalue weighted by molar-refractivity contribution is -0.130. The average molecular weight is 500 g/mol. The Kier molecular flexibility index (Phi) is 5.78. The van der Waals surface area contributed by atoms with Crippen LogP contribution in [0.2, 0.25) is 0 Å². The molecule has 1 unspecified atom stereocenters. The van der Waals surface area contributed by atoms with E-state index in [9.17, 15) is 4.79 Å². The Morgan fingerprint density at radius 2 is 2.03 bits per heavy atom. The monoisotopic (exact) mass is 499 g/mol. The number of H-pyrrole nitrogens is 1. The van der Waals surface area contributed by atoms with Crippen LogP contribution in [0.25, 0.3) is 22.4 Å². The Hall–Kier alpha value is -4.31. The quantitative estimate of drug-likeness (QED) is 0.303. The number of carbonyl (C=O) groups is 1. The van der Waals surface area contributed by atoms with Gasteiger partial charge in [-0.15, -0.1) is 5.10 Å². The number of para-hydroxylation sites is 1. The van der Waals surface area contributed by atoms with E-state index in [0.717, 1.165) is 22.3 Å². The molecule has 0 fully saturated rings. The molecule has 1 atom stereocenters. The number of benzene rings is 2. The molecule has 2 aromatic carbocycles. The number of amides is 1. The van der Waals surface area contributed by atoms with Crippen LogP contribution in [0.15, 0.2) is 92.1 Å². The van der Waals surface area contributed by atoms with E-state index >= 15 is 0 Å². The van der Waals surface area contributed by atoms with Crippen molar-refractivity contribution in [1.29, 1.82) is 0 Å². The Bertz CT molecular complexity index is 1510. The van der Waals surface area contributed by atoms with Crippen LogP contribution in [0.5, 0.6) is 5.75 Å². The van der Waals surface area contributed by atoms with Gasteiger partial charge in [0.1, 0.15) is 28.8 Å². The van der Waals surface area contributed by atoms with Crippen molar-refractivity contribution in [3.05, 3.63) is 84.5 Å². The van der Waals surface area contributed by atoms with Crippen molar-refractivity contribution in [2.45, 2.75) is 17.6 Å². The first kappa shape index (κ1) is 22.2. The van der Waals surface area contributed by atoms with E-state index in [4.69, 9.17) is 13.6 Å². The van der Waals surface area contributed by atoms with E-state index < -0.39 is 0 Å². The maximum atomic E-state index is 13.3. The van der Waals surface area contributed by atoms with Gasteiger partial charge in [0.15, 0.2) is 11.6 Å². The second kappa shape index (κ2) is 9.38. The number of methoxy groups -OCH3 is 1. The van der Waals surface area contributed by atoms with Crippen LogP contribution in [0.1, 0.15) is 24.0 Å². The number of hydrogen-bond acceptors (Lipinski definition) is 8. The Labute approximate surface area is 210 Å². The maximum Gasteiger partial charge on any atom is 0.253 e. The van der Waals surface area contributed by atoms with Crippen molar-refractivity contribution in [1.82, 2.24) is 20.2 Å². The topological polar surface area (TPSA) is 110 Å². The van der Waals surface area contributed by atoms with Gasteiger partial charge in [-0.3, -0.25) is 9.89 Å². The van der Waals surface area contributed by atoms with Crippen molar-refractivity contribution in [2.75, 3.05) is 12.9 Å². The lowest BCUT2D eigenvalue weighted by Crippen LogP contribution is -2.28. The van der Waals surface area contributed by atoms with Crippen LogP contribution in [0, 0.1) is 0 Å². The molecule has 1 aliphatic rings. The third-order valence-electron chi connectivity index (χ3n) is 5.90. The summed E-state index contributed by atoms with van der Waals surface area (Å²) in [4.78, 5) is 17.8. The Morgan fingerprint density at radius 1 is 1.17 bits per heavy atom. The normalized spacial score (nSPS) is 15.4. The van der Waals surface area contributed by atoms with Gasteiger partial charge >= 0.3 is 0 Å². The molecule has 1 amide bonds. The Balaban J connectivity index is 1.19. The molecule has 0 bridgehead atoms. The van der Waals surface area contributed by atoms with Crippen LogP contribution >= 0.6 is 11.8 Å². The number of aromatic amines is 1. The molecule has 3 aromatic heterocycles. The molecule has 0 aliphatic carbocycles. The van der Waals surface area contributed by atoms with Gasteiger partial charge in [-0.25, -0.2) is 9.99 Å². The third-order valence-corrected chi connectivity index (χ3v) is 6.73. The summed E-state index contributed by atoms with van der Waals surface area (Å²) in [6, 6.07) is 20.5. The molecular formula is C26H21N5O4S. The fourth-order valence-electron chi connectivity index (χ4n) is 4.10. The maximum absolute atomic E-state index is 13.3. The van der Waals surface area contributed by atoms with Gasteiger partial charge in [-0.2, -0.15) is 5.10 Å². The van der Waals surface area contributed by atoms with Crippen LogP contribution in [0.4, 0.5) is 0 Å². The fraction of sp³-hybridized carbons (Fsp3) is 0.154. The van der Waals surface area contributed by atoms with Crippen molar-refractivity contribution in [3.8, 4) is 17.1 Å². The first-order valence-corrected chi connectivity index (χ1v) is 12.3. The lowest BCUT2D eigenvalue weighted by atomic mass is 10.1. The average Bonchev–Trinajstić information content (AvgIpc) is 3.72. The minimum atomic E-state index is -0.349. The van der Waals surface area contributed by atoms with Crippen molar-refractivity contribution < 1.29 is 18.4 Å². The van der Waals surface area contributed by atoms with Gasteiger partial charge in [0.05, 0.1) is 19.1 Å². The standard InChI is InChI=1S/C26H21N5O4S/c1-33-18-10-8-16(9-11-18)25-27-26(29-28-25)36-15-24(32)31-20(22-7-4-12-34-22)14-19(30-31)23-13-17-5-2-3-6-21(17)35-23/h2-13,20H,14-15H2,1H3,(H,27,28,29). The number of thioether (sulfide) groups is 1. The number of nitrogens with one attached hydrogen (secondary N) is 1. The number of hydrazone groups is 1. The highest BCUT2D eigenvalue weighted by Gasteiger charge is 2.36. The molecule has 180 valence electrons. The van der Waals surface area contributed by atoms with Crippen LogP contribution in [-0.4, -0.2) is 44.7 Å². The van der Waals surface area contributed by atoms with Gasteiger partial charge in [0.2, 0.25) is 5.16 Å². The van der Waals surface area contributed by atoms with Crippen molar-refractivity contribution in [3.63, 3.8) is 0 Å². The highest BCUT2D eigenvalue weighted by molar-refractivity contribution is 7.99. The predicted octanol–water partition coefficient (Wildman–Crippen LogP) is 5.29. The first-order chi connectivity index (χ1) is 17.7. The van der Waals surface area contributed by atoms with E-state index in [1.54, 1.807) is 19.4 Å². The van der Waals surface area contributed by atoms with Crippen molar-refractivity contribution in [2.24, 2.45) is 5.10 Å². The lowest BCUT2D eigenvalue weighted by Gasteiger charge is -2.19. The number of hydrogen-bond donors (Lipinski definition) is 1. The van der Waals surface area contributed by atoms with Crippen molar-refractivity contribution >= 4 is 34.3 Å².